The number of amides is 1. The van der Waals surface area contributed by atoms with E-state index in [0.29, 0.717) is 36.0 Å². The van der Waals surface area contributed by atoms with E-state index < -0.39 is 0 Å². The van der Waals surface area contributed by atoms with E-state index in [4.69, 9.17) is 0 Å². The molecule has 34 heavy (non-hydrogen) atoms. The van der Waals surface area contributed by atoms with Gasteiger partial charge in [-0.3, -0.25) is 4.79 Å². The average Bonchev–Trinajstić information content (AvgIpc) is 3.17. The molecule has 0 radical (unpaired) electrons. The van der Waals surface area contributed by atoms with Crippen molar-refractivity contribution in [3.8, 4) is 0 Å². The van der Waals surface area contributed by atoms with Gasteiger partial charge in [-0.25, -0.2) is 0 Å². The van der Waals surface area contributed by atoms with Gasteiger partial charge in [0.25, 0.3) is 5.91 Å². The lowest BCUT2D eigenvalue weighted by Gasteiger charge is -2.46. The number of fused-ring (bicyclic) bond motifs is 2. The second-order valence-electron chi connectivity index (χ2n) is 10.4. The van der Waals surface area contributed by atoms with Gasteiger partial charge in [-0.1, -0.05) is 85.8 Å². The monoisotopic (exact) mass is 452 g/mol. The summed E-state index contributed by atoms with van der Waals surface area (Å²) >= 11 is 0. The summed E-state index contributed by atoms with van der Waals surface area (Å²) in [6.07, 6.45) is 4.91. The number of rotatable bonds is 7. The quantitative estimate of drug-likeness (QED) is 0.483. The van der Waals surface area contributed by atoms with Gasteiger partial charge in [0.2, 0.25) is 0 Å². The Hall–Kier alpha value is -2.91. The summed E-state index contributed by atoms with van der Waals surface area (Å²) in [5.41, 5.74) is 3.01. The minimum Gasteiger partial charge on any atom is -0.351 e. The zero-order valence-corrected chi connectivity index (χ0v) is 20.4. The number of nitrogens with one attached hydrogen (secondary N) is 1. The molecule has 0 saturated carbocycles. The minimum absolute atomic E-state index is 0.00617. The second kappa shape index (κ2) is 9.76. The lowest BCUT2D eigenvalue weighted by atomic mass is 9.64. The van der Waals surface area contributed by atoms with E-state index >= 15 is 0 Å². The van der Waals surface area contributed by atoms with E-state index in [1.807, 2.05) is 30.3 Å². The van der Waals surface area contributed by atoms with Crippen molar-refractivity contribution in [2.24, 2.45) is 11.8 Å². The predicted molar refractivity (Wildman–Crippen MR) is 139 cm³/mol. The molecule has 0 spiro atoms. The highest BCUT2D eigenvalue weighted by molar-refractivity contribution is 5.94. The summed E-state index contributed by atoms with van der Waals surface area (Å²) in [5, 5.41) is 3.34. The number of hydrogen-bond acceptors (Lipinski definition) is 2. The highest BCUT2D eigenvalue weighted by Crippen LogP contribution is 2.48. The summed E-state index contributed by atoms with van der Waals surface area (Å²) in [7, 11) is 2.32. The van der Waals surface area contributed by atoms with Crippen LogP contribution in [0.3, 0.4) is 0 Å². The molecule has 1 amide bonds. The van der Waals surface area contributed by atoms with Crippen LogP contribution in [-0.2, 0) is 5.41 Å². The predicted octanol–water partition coefficient (Wildman–Crippen LogP) is 5.91. The standard InChI is InChI=1S/C31H36N2O/c1-23-25(20-28-18-19-29(23)33(28)2)21-31(26-14-8-4-9-15-26,27-16-10-5-11-17-27)22-32-30(34)24-12-6-3-7-13-24/h3-17,23,25,28-29H,18-22H2,1-2H3,(H,32,34). The van der Waals surface area contributed by atoms with Crippen molar-refractivity contribution in [3.63, 3.8) is 0 Å². The van der Waals surface area contributed by atoms with Crippen molar-refractivity contribution in [1.82, 2.24) is 10.2 Å². The maximum Gasteiger partial charge on any atom is 0.251 e. The van der Waals surface area contributed by atoms with Gasteiger partial charge in [0.1, 0.15) is 0 Å². The third-order valence-corrected chi connectivity index (χ3v) is 8.67. The summed E-state index contributed by atoms with van der Waals surface area (Å²) in [5.74, 6) is 1.25. The number of piperidine rings is 1. The van der Waals surface area contributed by atoms with Crippen LogP contribution in [0.1, 0.15) is 54.1 Å². The van der Waals surface area contributed by atoms with Crippen LogP contribution < -0.4 is 5.32 Å². The number of nitrogens with zero attached hydrogens (tertiary/aromatic N) is 1. The molecule has 2 aliphatic rings. The Morgan fingerprint density at radius 3 is 2.03 bits per heavy atom. The largest absolute Gasteiger partial charge is 0.351 e. The van der Waals surface area contributed by atoms with Crippen molar-refractivity contribution >= 4 is 5.91 Å². The third kappa shape index (κ3) is 4.30. The Morgan fingerprint density at radius 1 is 0.882 bits per heavy atom. The molecular weight excluding hydrogens is 416 g/mol. The first kappa shape index (κ1) is 22.9. The SMILES string of the molecule is CC1C(CC(CNC(=O)c2ccccc2)(c2ccccc2)c2ccccc2)CC2CCC1N2C. The molecule has 3 nitrogen and oxygen atoms in total. The number of carbonyl (C=O) groups excluding carboxylic acids is 1. The molecule has 3 aromatic carbocycles. The Kier molecular flexibility index (Phi) is 6.56. The molecule has 3 heteroatoms. The zero-order chi connectivity index (χ0) is 23.5. The fraction of sp³-hybridized carbons (Fsp3) is 0.387. The van der Waals surface area contributed by atoms with Crippen molar-refractivity contribution < 1.29 is 4.79 Å². The van der Waals surface area contributed by atoms with Gasteiger partial charge < -0.3 is 10.2 Å². The van der Waals surface area contributed by atoms with Gasteiger partial charge >= 0.3 is 0 Å². The van der Waals surface area contributed by atoms with Crippen molar-refractivity contribution in [3.05, 3.63) is 108 Å². The van der Waals surface area contributed by atoms with Crippen LogP contribution in [-0.4, -0.2) is 36.5 Å². The molecule has 3 aromatic rings. The highest BCUT2D eigenvalue weighted by atomic mass is 16.1. The van der Waals surface area contributed by atoms with E-state index in [9.17, 15) is 4.79 Å². The first-order valence-corrected chi connectivity index (χ1v) is 12.7. The molecule has 5 rings (SSSR count). The fourth-order valence-electron chi connectivity index (χ4n) is 6.67. The minimum atomic E-state index is -0.277. The normalized spacial score (nSPS) is 24.6. The van der Waals surface area contributed by atoms with E-state index in [1.54, 1.807) is 0 Å². The first-order chi connectivity index (χ1) is 16.6. The smallest absolute Gasteiger partial charge is 0.251 e. The molecule has 176 valence electrons. The maximum atomic E-state index is 13.1. The van der Waals surface area contributed by atoms with Gasteiger partial charge in [-0.2, -0.15) is 0 Å². The van der Waals surface area contributed by atoms with Crippen LogP contribution in [0, 0.1) is 11.8 Å². The first-order valence-electron chi connectivity index (χ1n) is 12.7. The van der Waals surface area contributed by atoms with Crippen LogP contribution in [0.25, 0.3) is 0 Å². The number of carbonyl (C=O) groups is 1. The molecule has 0 aromatic heterocycles. The molecule has 1 N–H and O–H groups in total. The summed E-state index contributed by atoms with van der Waals surface area (Å²) in [4.78, 5) is 15.8. The molecule has 2 heterocycles. The molecule has 2 fully saturated rings. The fourth-order valence-corrected chi connectivity index (χ4v) is 6.67. The molecule has 0 aliphatic carbocycles. The highest BCUT2D eigenvalue weighted by Gasteiger charge is 2.47. The second-order valence-corrected chi connectivity index (χ2v) is 10.4. The molecular formula is C31H36N2O. The maximum absolute atomic E-state index is 13.1. The van der Waals surface area contributed by atoms with Crippen molar-refractivity contribution in [2.45, 2.75) is 50.1 Å². The van der Waals surface area contributed by atoms with Crippen molar-refractivity contribution in [1.29, 1.82) is 0 Å². The van der Waals surface area contributed by atoms with Gasteiger partial charge in [0.15, 0.2) is 0 Å². The van der Waals surface area contributed by atoms with E-state index in [0.717, 1.165) is 6.42 Å². The van der Waals surface area contributed by atoms with Crippen LogP contribution in [0.5, 0.6) is 0 Å². The topological polar surface area (TPSA) is 32.3 Å². The lowest BCUT2D eigenvalue weighted by molar-refractivity contribution is 0.0630. The lowest BCUT2D eigenvalue weighted by Crippen LogP contribution is -2.49. The van der Waals surface area contributed by atoms with Crippen LogP contribution in [0.2, 0.25) is 0 Å². The van der Waals surface area contributed by atoms with Crippen LogP contribution in [0.4, 0.5) is 0 Å². The van der Waals surface area contributed by atoms with Gasteiger partial charge in [0, 0.05) is 29.6 Å². The van der Waals surface area contributed by atoms with Gasteiger partial charge in [-0.05, 0) is 67.8 Å². The molecule has 4 unspecified atom stereocenters. The van der Waals surface area contributed by atoms with E-state index in [1.165, 1.54) is 30.4 Å². The molecule has 2 bridgehead atoms. The van der Waals surface area contributed by atoms with E-state index in [2.05, 4.69) is 84.9 Å². The summed E-state index contributed by atoms with van der Waals surface area (Å²) in [6.45, 7) is 3.04. The Bertz CT molecular complexity index is 1040. The van der Waals surface area contributed by atoms with E-state index in [-0.39, 0.29) is 11.3 Å². The molecule has 4 atom stereocenters. The van der Waals surface area contributed by atoms with Gasteiger partial charge in [-0.15, -0.1) is 0 Å². The summed E-state index contributed by atoms with van der Waals surface area (Å²) < 4.78 is 0. The van der Waals surface area contributed by atoms with Crippen LogP contribution >= 0.6 is 0 Å². The Labute approximate surface area is 204 Å². The molecule has 2 saturated heterocycles. The Balaban J connectivity index is 1.53. The van der Waals surface area contributed by atoms with Gasteiger partial charge in [0.05, 0.1) is 0 Å². The van der Waals surface area contributed by atoms with Crippen LogP contribution in [0.15, 0.2) is 91.0 Å². The Morgan fingerprint density at radius 2 is 1.44 bits per heavy atom. The average molecular weight is 453 g/mol. The third-order valence-electron chi connectivity index (χ3n) is 8.67. The zero-order valence-electron chi connectivity index (χ0n) is 20.4. The summed E-state index contributed by atoms with van der Waals surface area (Å²) in [6, 6.07) is 32.6. The molecule has 2 aliphatic heterocycles. The van der Waals surface area contributed by atoms with Crippen molar-refractivity contribution in [2.75, 3.05) is 13.6 Å². The number of hydrogen-bond donors (Lipinski definition) is 1. The number of benzene rings is 3.